The highest BCUT2D eigenvalue weighted by Gasteiger charge is 2.29. The van der Waals surface area contributed by atoms with Gasteiger partial charge >= 0.3 is 0 Å². The van der Waals surface area contributed by atoms with Gasteiger partial charge in [0.2, 0.25) is 0 Å². The Hall–Kier alpha value is -3.94. The number of fused-ring (bicyclic) bond motifs is 2. The van der Waals surface area contributed by atoms with Crippen LogP contribution in [0.4, 0.5) is 21.6 Å². The first-order chi connectivity index (χ1) is 15.4. The number of nitrogens with one attached hydrogen (secondary N) is 4. The molecule has 1 amide bonds. The number of H-pyrrole nitrogens is 1. The number of anilines is 3. The standard InChI is InChI=1S/C24H23FN6O/c1-24(2)13-30-20-10-16(3-4-19(20)24)31-23(32)18-9-15(25)12-29-22(18)28-11-14-5-7-26-21-17(14)6-8-27-21/h3-10,12,30H,11,13H2,1-2H3,(H,26,27)(H,28,29)(H,31,32). The van der Waals surface area contributed by atoms with Crippen LogP contribution in [0.5, 0.6) is 0 Å². The Labute approximate surface area is 184 Å². The van der Waals surface area contributed by atoms with Gasteiger partial charge in [-0.3, -0.25) is 4.79 Å². The van der Waals surface area contributed by atoms with Crippen molar-refractivity contribution in [3.63, 3.8) is 0 Å². The molecule has 0 saturated carbocycles. The molecule has 1 aromatic carbocycles. The molecule has 0 atom stereocenters. The molecule has 0 bridgehead atoms. The van der Waals surface area contributed by atoms with Gasteiger partial charge in [-0.2, -0.15) is 0 Å². The maximum absolute atomic E-state index is 13.9. The molecule has 7 nitrogen and oxygen atoms in total. The number of aromatic nitrogens is 3. The average molecular weight is 430 g/mol. The number of hydrogen-bond donors (Lipinski definition) is 4. The lowest BCUT2D eigenvalue weighted by Crippen LogP contribution is -2.18. The maximum atomic E-state index is 13.9. The Balaban J connectivity index is 1.37. The van der Waals surface area contributed by atoms with E-state index in [0.29, 0.717) is 18.1 Å². The summed E-state index contributed by atoms with van der Waals surface area (Å²) in [7, 11) is 0. The normalized spacial score (nSPS) is 14.1. The zero-order valence-electron chi connectivity index (χ0n) is 17.8. The molecule has 5 rings (SSSR count). The summed E-state index contributed by atoms with van der Waals surface area (Å²) in [4.78, 5) is 24.5. The van der Waals surface area contributed by atoms with Gasteiger partial charge in [0, 0.05) is 47.7 Å². The van der Waals surface area contributed by atoms with Gasteiger partial charge in [-0.15, -0.1) is 0 Å². The van der Waals surface area contributed by atoms with Crippen LogP contribution in [-0.4, -0.2) is 27.4 Å². The van der Waals surface area contributed by atoms with Crippen LogP contribution in [0, 0.1) is 5.82 Å². The van der Waals surface area contributed by atoms with Gasteiger partial charge in [0.15, 0.2) is 0 Å². The van der Waals surface area contributed by atoms with E-state index < -0.39 is 11.7 Å². The fourth-order valence-electron chi connectivity index (χ4n) is 4.07. The molecule has 0 saturated heterocycles. The molecule has 0 spiro atoms. The van der Waals surface area contributed by atoms with Gasteiger partial charge in [-0.1, -0.05) is 19.9 Å². The van der Waals surface area contributed by atoms with Crippen molar-refractivity contribution in [2.75, 3.05) is 22.5 Å². The van der Waals surface area contributed by atoms with E-state index in [9.17, 15) is 9.18 Å². The Morgan fingerprint density at radius 1 is 1.19 bits per heavy atom. The van der Waals surface area contributed by atoms with Crippen molar-refractivity contribution >= 4 is 34.1 Å². The van der Waals surface area contributed by atoms with Gasteiger partial charge in [0.25, 0.3) is 5.91 Å². The van der Waals surface area contributed by atoms with Crippen molar-refractivity contribution in [1.82, 2.24) is 15.0 Å². The monoisotopic (exact) mass is 430 g/mol. The first kappa shape index (κ1) is 20.0. The van der Waals surface area contributed by atoms with Crippen molar-refractivity contribution in [3.8, 4) is 0 Å². The van der Waals surface area contributed by atoms with E-state index in [1.165, 1.54) is 11.6 Å². The largest absolute Gasteiger partial charge is 0.384 e. The van der Waals surface area contributed by atoms with Crippen LogP contribution < -0.4 is 16.0 Å². The lowest BCUT2D eigenvalue weighted by Gasteiger charge is -2.17. The molecule has 3 aromatic heterocycles. The van der Waals surface area contributed by atoms with E-state index in [1.54, 1.807) is 6.20 Å². The SMILES string of the molecule is CC1(C)CNc2cc(NC(=O)c3cc(F)cnc3NCc3ccnc4[nH]ccc34)ccc21. The lowest BCUT2D eigenvalue weighted by atomic mass is 9.87. The van der Waals surface area contributed by atoms with Crippen LogP contribution >= 0.6 is 0 Å². The second-order valence-electron chi connectivity index (χ2n) is 8.57. The topological polar surface area (TPSA) is 94.7 Å². The van der Waals surface area contributed by atoms with Crippen LogP contribution in [0.2, 0.25) is 0 Å². The van der Waals surface area contributed by atoms with E-state index in [2.05, 4.69) is 44.7 Å². The first-order valence-corrected chi connectivity index (χ1v) is 10.4. The molecule has 1 aliphatic rings. The summed E-state index contributed by atoms with van der Waals surface area (Å²) in [5.41, 5.74) is 4.79. The van der Waals surface area contributed by atoms with Gasteiger partial charge in [-0.05, 0) is 41.5 Å². The predicted molar refractivity (Wildman–Crippen MR) is 124 cm³/mol. The number of hydrogen-bond acceptors (Lipinski definition) is 5. The third-order valence-electron chi connectivity index (χ3n) is 5.82. The van der Waals surface area contributed by atoms with Crippen LogP contribution in [0.25, 0.3) is 11.0 Å². The summed E-state index contributed by atoms with van der Waals surface area (Å²) in [5, 5.41) is 10.4. The molecule has 8 heteroatoms. The number of carbonyl (C=O) groups excluding carboxylic acids is 1. The minimum absolute atomic E-state index is 0.0410. The predicted octanol–water partition coefficient (Wildman–Crippen LogP) is 4.66. The van der Waals surface area contributed by atoms with E-state index in [0.717, 1.165) is 35.0 Å². The van der Waals surface area contributed by atoms with Crippen LogP contribution in [-0.2, 0) is 12.0 Å². The van der Waals surface area contributed by atoms with Crippen molar-refractivity contribution in [2.45, 2.75) is 25.8 Å². The van der Waals surface area contributed by atoms with E-state index in [1.807, 2.05) is 36.5 Å². The molecule has 162 valence electrons. The fourth-order valence-corrected chi connectivity index (χ4v) is 4.07. The molecule has 0 unspecified atom stereocenters. The lowest BCUT2D eigenvalue weighted by molar-refractivity contribution is 0.102. The van der Waals surface area contributed by atoms with Crippen molar-refractivity contribution in [1.29, 1.82) is 0 Å². The molecule has 32 heavy (non-hydrogen) atoms. The van der Waals surface area contributed by atoms with Gasteiger partial charge in [0.05, 0.1) is 11.8 Å². The number of benzene rings is 1. The zero-order chi connectivity index (χ0) is 22.3. The summed E-state index contributed by atoms with van der Waals surface area (Å²) in [5.74, 6) is -0.696. The number of pyridine rings is 2. The molecular formula is C24H23FN6O. The quantitative estimate of drug-likeness (QED) is 0.369. The molecule has 1 aliphatic heterocycles. The highest BCUT2D eigenvalue weighted by molar-refractivity contribution is 6.07. The Morgan fingerprint density at radius 3 is 2.94 bits per heavy atom. The minimum Gasteiger partial charge on any atom is -0.384 e. The summed E-state index contributed by atoms with van der Waals surface area (Å²) in [6, 6.07) is 10.8. The molecule has 4 N–H and O–H groups in total. The van der Waals surface area contributed by atoms with E-state index >= 15 is 0 Å². The summed E-state index contributed by atoms with van der Waals surface area (Å²) in [6.07, 6.45) is 4.63. The summed E-state index contributed by atoms with van der Waals surface area (Å²) >= 11 is 0. The number of aromatic amines is 1. The zero-order valence-corrected chi connectivity index (χ0v) is 17.8. The van der Waals surface area contributed by atoms with Crippen molar-refractivity contribution in [3.05, 3.63) is 77.5 Å². The summed E-state index contributed by atoms with van der Waals surface area (Å²) < 4.78 is 13.9. The number of carbonyl (C=O) groups is 1. The van der Waals surface area contributed by atoms with Gasteiger partial charge < -0.3 is 20.9 Å². The number of rotatable bonds is 5. The second-order valence-corrected chi connectivity index (χ2v) is 8.57. The highest BCUT2D eigenvalue weighted by atomic mass is 19.1. The Kier molecular flexibility index (Phi) is 4.77. The van der Waals surface area contributed by atoms with Crippen molar-refractivity contribution in [2.24, 2.45) is 0 Å². The van der Waals surface area contributed by atoms with Crippen molar-refractivity contribution < 1.29 is 9.18 Å². The highest BCUT2D eigenvalue weighted by Crippen LogP contribution is 2.37. The summed E-state index contributed by atoms with van der Waals surface area (Å²) in [6.45, 7) is 5.59. The maximum Gasteiger partial charge on any atom is 0.259 e. The molecule has 0 fully saturated rings. The molecule has 4 aromatic rings. The number of amides is 1. The molecule has 0 aliphatic carbocycles. The first-order valence-electron chi connectivity index (χ1n) is 10.4. The molecular weight excluding hydrogens is 407 g/mol. The smallest absolute Gasteiger partial charge is 0.259 e. The Bertz CT molecular complexity index is 1330. The fraction of sp³-hybridized carbons (Fsp3) is 0.208. The van der Waals surface area contributed by atoms with E-state index in [4.69, 9.17) is 0 Å². The average Bonchev–Trinajstić information content (AvgIpc) is 3.37. The minimum atomic E-state index is -0.574. The number of nitrogens with zero attached hydrogens (tertiary/aromatic N) is 2. The van der Waals surface area contributed by atoms with E-state index in [-0.39, 0.29) is 11.0 Å². The second kappa shape index (κ2) is 7.64. The molecule has 0 radical (unpaired) electrons. The van der Waals surface area contributed by atoms with Crippen LogP contribution in [0.1, 0.15) is 35.3 Å². The van der Waals surface area contributed by atoms with Crippen LogP contribution in [0.3, 0.4) is 0 Å². The Morgan fingerprint density at radius 2 is 2.06 bits per heavy atom. The molecule has 4 heterocycles. The van der Waals surface area contributed by atoms with Gasteiger partial charge in [-0.25, -0.2) is 14.4 Å². The van der Waals surface area contributed by atoms with Gasteiger partial charge in [0.1, 0.15) is 17.3 Å². The third-order valence-corrected chi connectivity index (χ3v) is 5.82. The number of halogens is 1. The third kappa shape index (κ3) is 3.64. The van der Waals surface area contributed by atoms with Crippen LogP contribution in [0.15, 0.2) is 55.0 Å².